The van der Waals surface area contributed by atoms with Crippen LogP contribution in [0.25, 0.3) is 0 Å². The Morgan fingerprint density at radius 1 is 1.50 bits per heavy atom. The highest BCUT2D eigenvalue weighted by atomic mass is 35.5. The first-order chi connectivity index (χ1) is 7.58. The molecule has 1 heterocycles. The number of ketones is 1. The van der Waals surface area contributed by atoms with Crippen LogP contribution in [0.15, 0.2) is 24.4 Å². The zero-order valence-electron chi connectivity index (χ0n) is 8.56. The van der Waals surface area contributed by atoms with Crippen molar-refractivity contribution in [2.75, 3.05) is 5.73 Å². The maximum absolute atomic E-state index is 12.1. The van der Waals surface area contributed by atoms with Crippen molar-refractivity contribution in [1.82, 2.24) is 4.98 Å². The van der Waals surface area contributed by atoms with Crippen molar-refractivity contribution in [3.05, 3.63) is 35.0 Å². The second-order valence-electron chi connectivity index (χ2n) is 3.84. The van der Waals surface area contributed by atoms with Gasteiger partial charge in [0.05, 0.1) is 10.6 Å². The zero-order chi connectivity index (χ0) is 11.7. The van der Waals surface area contributed by atoms with E-state index in [1.54, 1.807) is 6.07 Å². The third-order valence-electron chi connectivity index (χ3n) is 2.60. The summed E-state index contributed by atoms with van der Waals surface area (Å²) in [5.41, 5.74) is 11.7. The molecule has 0 fully saturated rings. The number of anilines is 1. The van der Waals surface area contributed by atoms with Gasteiger partial charge < -0.3 is 11.5 Å². The van der Waals surface area contributed by atoms with E-state index in [1.807, 2.05) is 12.2 Å². The predicted octanol–water partition coefficient (Wildman–Crippen LogP) is 1.40. The van der Waals surface area contributed by atoms with Crippen molar-refractivity contribution >= 4 is 23.2 Å². The van der Waals surface area contributed by atoms with Crippen LogP contribution in [0.5, 0.6) is 0 Å². The standard InChI is InChI=1S/C11H12ClN3O/c12-7-4-9(11(14)15-5-7)10(16)6-1-2-8(13)3-6/h1-2,4-6,8H,3,13H2,(H2,14,15). The lowest BCUT2D eigenvalue weighted by Crippen LogP contribution is -2.20. The normalized spacial score (nSPS) is 23.6. The molecule has 0 saturated carbocycles. The lowest BCUT2D eigenvalue weighted by molar-refractivity contribution is 0.0943. The molecular formula is C11H12ClN3O. The van der Waals surface area contributed by atoms with Crippen LogP contribution in [-0.2, 0) is 0 Å². The van der Waals surface area contributed by atoms with Gasteiger partial charge in [0.25, 0.3) is 0 Å². The molecule has 0 bridgehead atoms. The molecule has 5 heteroatoms. The summed E-state index contributed by atoms with van der Waals surface area (Å²) >= 11 is 5.78. The molecule has 0 spiro atoms. The molecule has 2 atom stereocenters. The fourth-order valence-corrected chi connectivity index (χ4v) is 1.93. The number of nitrogens with zero attached hydrogens (tertiary/aromatic N) is 1. The summed E-state index contributed by atoms with van der Waals surface area (Å²) < 4.78 is 0. The van der Waals surface area contributed by atoms with Gasteiger partial charge in [0.15, 0.2) is 5.78 Å². The van der Waals surface area contributed by atoms with Gasteiger partial charge in [0, 0.05) is 18.2 Å². The van der Waals surface area contributed by atoms with Crippen molar-refractivity contribution in [1.29, 1.82) is 0 Å². The van der Waals surface area contributed by atoms with E-state index < -0.39 is 0 Å². The molecule has 0 aromatic carbocycles. The first-order valence-corrected chi connectivity index (χ1v) is 5.35. The number of Topliss-reactive ketones (excluding diaryl/α,β-unsaturated/α-hetero) is 1. The molecular weight excluding hydrogens is 226 g/mol. The van der Waals surface area contributed by atoms with E-state index >= 15 is 0 Å². The molecule has 1 aromatic rings. The van der Waals surface area contributed by atoms with Gasteiger partial charge in [0.1, 0.15) is 5.82 Å². The Labute approximate surface area is 98.3 Å². The number of aromatic nitrogens is 1. The van der Waals surface area contributed by atoms with Crippen LogP contribution < -0.4 is 11.5 Å². The first kappa shape index (κ1) is 11.1. The van der Waals surface area contributed by atoms with Crippen molar-refractivity contribution in [3.8, 4) is 0 Å². The summed E-state index contributed by atoms with van der Waals surface area (Å²) in [5.74, 6) is -0.0717. The number of hydrogen-bond donors (Lipinski definition) is 2. The van der Waals surface area contributed by atoms with Gasteiger partial charge in [-0.25, -0.2) is 4.98 Å². The maximum atomic E-state index is 12.1. The number of rotatable bonds is 2. The monoisotopic (exact) mass is 237 g/mol. The number of carbonyl (C=O) groups is 1. The highest BCUT2D eigenvalue weighted by molar-refractivity contribution is 6.31. The molecule has 0 saturated heterocycles. The molecule has 1 aromatic heterocycles. The van der Waals surface area contributed by atoms with Crippen LogP contribution in [-0.4, -0.2) is 16.8 Å². The molecule has 1 aliphatic rings. The lowest BCUT2D eigenvalue weighted by atomic mass is 9.97. The van der Waals surface area contributed by atoms with E-state index in [2.05, 4.69) is 4.98 Å². The number of carbonyl (C=O) groups excluding carboxylic acids is 1. The minimum absolute atomic E-state index is 0.0534. The molecule has 0 aliphatic heterocycles. The van der Waals surface area contributed by atoms with Gasteiger partial charge in [-0.05, 0) is 12.5 Å². The van der Waals surface area contributed by atoms with E-state index in [-0.39, 0.29) is 23.6 Å². The molecule has 84 valence electrons. The fraction of sp³-hybridized carbons (Fsp3) is 0.273. The van der Waals surface area contributed by atoms with Crippen LogP contribution in [0.4, 0.5) is 5.82 Å². The number of pyridine rings is 1. The number of nitrogen functional groups attached to an aromatic ring is 1. The highest BCUT2D eigenvalue weighted by Gasteiger charge is 2.25. The topological polar surface area (TPSA) is 82.0 Å². The Morgan fingerprint density at radius 2 is 2.25 bits per heavy atom. The van der Waals surface area contributed by atoms with E-state index in [9.17, 15) is 4.79 Å². The number of hydrogen-bond acceptors (Lipinski definition) is 4. The Morgan fingerprint density at radius 3 is 2.88 bits per heavy atom. The molecule has 16 heavy (non-hydrogen) atoms. The summed E-state index contributed by atoms with van der Waals surface area (Å²) in [5, 5.41) is 0.406. The lowest BCUT2D eigenvalue weighted by Gasteiger charge is -2.09. The van der Waals surface area contributed by atoms with Crippen LogP contribution in [0.3, 0.4) is 0 Å². The minimum atomic E-state index is -0.211. The molecule has 4 nitrogen and oxygen atoms in total. The van der Waals surface area contributed by atoms with E-state index in [0.717, 1.165) is 0 Å². The first-order valence-electron chi connectivity index (χ1n) is 4.97. The minimum Gasteiger partial charge on any atom is -0.383 e. The van der Waals surface area contributed by atoms with Crippen LogP contribution >= 0.6 is 11.6 Å². The Kier molecular flexibility index (Phi) is 2.94. The van der Waals surface area contributed by atoms with Crippen molar-refractivity contribution in [2.24, 2.45) is 11.7 Å². The second-order valence-corrected chi connectivity index (χ2v) is 4.28. The molecule has 2 rings (SSSR count). The summed E-state index contributed by atoms with van der Waals surface area (Å²) in [4.78, 5) is 15.9. The number of allylic oxidation sites excluding steroid dienone is 1. The van der Waals surface area contributed by atoms with Gasteiger partial charge in [0.2, 0.25) is 0 Å². The molecule has 2 unspecified atom stereocenters. The van der Waals surface area contributed by atoms with Crippen LogP contribution in [0.1, 0.15) is 16.8 Å². The van der Waals surface area contributed by atoms with Crippen LogP contribution in [0.2, 0.25) is 5.02 Å². The molecule has 1 aliphatic carbocycles. The summed E-state index contributed by atoms with van der Waals surface area (Å²) in [6.07, 6.45) is 5.68. The van der Waals surface area contributed by atoms with Crippen LogP contribution in [0, 0.1) is 5.92 Å². The average molecular weight is 238 g/mol. The maximum Gasteiger partial charge on any atom is 0.173 e. The van der Waals surface area contributed by atoms with Crippen molar-refractivity contribution in [2.45, 2.75) is 12.5 Å². The SMILES string of the molecule is Nc1ncc(Cl)cc1C(=O)C1C=CC(N)C1. The zero-order valence-corrected chi connectivity index (χ0v) is 9.32. The Bertz CT molecular complexity index is 459. The fourth-order valence-electron chi connectivity index (χ4n) is 1.77. The Hall–Kier alpha value is -1.39. The summed E-state index contributed by atoms with van der Waals surface area (Å²) in [6, 6.07) is 1.49. The number of nitrogens with two attached hydrogens (primary N) is 2. The Balaban J connectivity index is 2.27. The highest BCUT2D eigenvalue weighted by Crippen LogP contribution is 2.24. The quantitative estimate of drug-likeness (QED) is 0.602. The van der Waals surface area contributed by atoms with E-state index in [4.69, 9.17) is 23.1 Å². The summed E-state index contributed by atoms with van der Waals surface area (Å²) in [6.45, 7) is 0. The predicted molar refractivity (Wildman–Crippen MR) is 63.2 cm³/mol. The van der Waals surface area contributed by atoms with Gasteiger partial charge in [-0.3, -0.25) is 4.79 Å². The average Bonchev–Trinajstić information content (AvgIpc) is 2.67. The van der Waals surface area contributed by atoms with E-state index in [0.29, 0.717) is 17.0 Å². The molecule has 4 N–H and O–H groups in total. The van der Waals surface area contributed by atoms with Gasteiger partial charge in [-0.15, -0.1) is 0 Å². The van der Waals surface area contributed by atoms with Gasteiger partial charge >= 0.3 is 0 Å². The molecule has 0 radical (unpaired) electrons. The van der Waals surface area contributed by atoms with Gasteiger partial charge in [-0.1, -0.05) is 23.8 Å². The third kappa shape index (κ3) is 2.08. The van der Waals surface area contributed by atoms with Crippen molar-refractivity contribution in [3.63, 3.8) is 0 Å². The van der Waals surface area contributed by atoms with E-state index in [1.165, 1.54) is 6.20 Å². The number of halogens is 1. The molecule has 0 amide bonds. The summed E-state index contributed by atoms with van der Waals surface area (Å²) in [7, 11) is 0. The second kappa shape index (κ2) is 4.23. The smallest absolute Gasteiger partial charge is 0.173 e. The van der Waals surface area contributed by atoms with Crippen molar-refractivity contribution < 1.29 is 4.79 Å². The largest absolute Gasteiger partial charge is 0.383 e. The third-order valence-corrected chi connectivity index (χ3v) is 2.81. The van der Waals surface area contributed by atoms with Gasteiger partial charge in [-0.2, -0.15) is 0 Å².